The van der Waals surface area contributed by atoms with Crippen LogP contribution in [0.3, 0.4) is 0 Å². The summed E-state index contributed by atoms with van der Waals surface area (Å²) in [5.74, 6) is 6.52. The van der Waals surface area contributed by atoms with Crippen LogP contribution >= 0.6 is 0 Å². The maximum Gasteiger partial charge on any atom is 0.0266 e. The molecule has 1 unspecified atom stereocenters. The molecular weight excluding hydrogens is 136 g/mol. The van der Waals surface area contributed by atoms with Crippen LogP contribution in [0, 0.1) is 11.3 Å². The number of hydrogen-bond acceptors (Lipinski definition) is 2. The number of rotatable bonds is 4. The van der Waals surface area contributed by atoms with Crippen LogP contribution in [0.1, 0.15) is 39.0 Å². The van der Waals surface area contributed by atoms with E-state index in [2.05, 4.69) is 12.3 Å². The molecule has 3 N–H and O–H groups in total. The highest BCUT2D eigenvalue weighted by atomic mass is 15.2. The molecule has 2 heteroatoms. The molecule has 2 aliphatic carbocycles. The fourth-order valence-electron chi connectivity index (χ4n) is 1.79. The zero-order valence-electron chi connectivity index (χ0n) is 7.27. The first kappa shape index (κ1) is 7.56. The average molecular weight is 154 g/mol. The molecule has 2 aliphatic rings. The van der Waals surface area contributed by atoms with E-state index in [0.717, 1.165) is 5.92 Å². The van der Waals surface area contributed by atoms with E-state index in [1.807, 2.05) is 0 Å². The van der Waals surface area contributed by atoms with Crippen molar-refractivity contribution in [2.75, 3.05) is 0 Å². The molecule has 2 fully saturated rings. The molecular formula is C9H18N2. The van der Waals surface area contributed by atoms with Gasteiger partial charge in [0.15, 0.2) is 0 Å². The number of nitrogens with one attached hydrogen (secondary N) is 1. The van der Waals surface area contributed by atoms with Gasteiger partial charge in [-0.2, -0.15) is 0 Å². The minimum atomic E-state index is 0.553. The smallest absolute Gasteiger partial charge is 0.0266 e. The molecule has 1 atom stereocenters. The van der Waals surface area contributed by atoms with Gasteiger partial charge in [0.25, 0.3) is 0 Å². The summed E-state index contributed by atoms with van der Waals surface area (Å²) in [6.45, 7) is 2.35. The van der Waals surface area contributed by atoms with Crippen LogP contribution in [0.2, 0.25) is 0 Å². The van der Waals surface area contributed by atoms with Crippen molar-refractivity contribution >= 4 is 0 Å². The Labute approximate surface area is 68.5 Å². The Hall–Kier alpha value is -0.0800. The summed E-state index contributed by atoms with van der Waals surface area (Å²) in [4.78, 5) is 0. The molecule has 0 bridgehead atoms. The Morgan fingerprint density at radius 3 is 2.55 bits per heavy atom. The van der Waals surface area contributed by atoms with Gasteiger partial charge in [-0.3, -0.25) is 11.3 Å². The van der Waals surface area contributed by atoms with E-state index in [1.165, 1.54) is 32.1 Å². The third-order valence-corrected chi connectivity index (χ3v) is 3.35. The molecule has 0 aromatic carbocycles. The van der Waals surface area contributed by atoms with E-state index in [4.69, 9.17) is 5.84 Å². The van der Waals surface area contributed by atoms with Gasteiger partial charge in [0.1, 0.15) is 0 Å². The molecule has 2 rings (SSSR count). The van der Waals surface area contributed by atoms with E-state index in [0.29, 0.717) is 11.5 Å². The average Bonchev–Trinajstić information content (AvgIpc) is 2.81. The second-order valence-corrected chi connectivity index (χ2v) is 4.55. The predicted octanol–water partition coefficient (Wildman–Crippen LogP) is 1.42. The maximum absolute atomic E-state index is 5.52. The first-order valence-corrected chi connectivity index (χ1v) is 4.71. The summed E-state index contributed by atoms with van der Waals surface area (Å²) in [6, 6.07) is 0.593. The number of hydrazine groups is 1. The van der Waals surface area contributed by atoms with Crippen LogP contribution < -0.4 is 11.3 Å². The van der Waals surface area contributed by atoms with Crippen molar-refractivity contribution in [2.45, 2.75) is 45.1 Å². The fraction of sp³-hybridized carbons (Fsp3) is 1.00. The van der Waals surface area contributed by atoms with E-state index in [9.17, 15) is 0 Å². The van der Waals surface area contributed by atoms with Crippen LogP contribution in [-0.4, -0.2) is 6.04 Å². The molecule has 2 nitrogen and oxygen atoms in total. The highest BCUT2D eigenvalue weighted by Crippen LogP contribution is 2.51. The lowest BCUT2D eigenvalue weighted by atomic mass is 9.94. The quantitative estimate of drug-likeness (QED) is 0.475. The van der Waals surface area contributed by atoms with E-state index < -0.39 is 0 Å². The summed E-state index contributed by atoms with van der Waals surface area (Å²) >= 11 is 0. The summed E-state index contributed by atoms with van der Waals surface area (Å²) in [6.07, 6.45) is 6.93. The molecule has 64 valence electrons. The number of nitrogens with two attached hydrogens (primary N) is 1. The lowest BCUT2D eigenvalue weighted by Crippen LogP contribution is -2.41. The molecule has 0 saturated heterocycles. The van der Waals surface area contributed by atoms with Crippen molar-refractivity contribution in [1.82, 2.24) is 5.43 Å². The molecule has 0 radical (unpaired) electrons. The first-order chi connectivity index (χ1) is 5.24. The van der Waals surface area contributed by atoms with Crippen LogP contribution in [0.15, 0.2) is 0 Å². The van der Waals surface area contributed by atoms with Crippen LogP contribution in [0.5, 0.6) is 0 Å². The molecule has 0 spiro atoms. The normalized spacial score (nSPS) is 30.0. The van der Waals surface area contributed by atoms with Crippen LogP contribution in [0.4, 0.5) is 0 Å². The highest BCUT2D eigenvalue weighted by Gasteiger charge is 2.45. The Morgan fingerprint density at radius 1 is 1.55 bits per heavy atom. The van der Waals surface area contributed by atoms with E-state index in [-0.39, 0.29) is 0 Å². The predicted molar refractivity (Wildman–Crippen MR) is 45.8 cm³/mol. The van der Waals surface area contributed by atoms with Crippen molar-refractivity contribution in [3.63, 3.8) is 0 Å². The fourth-order valence-corrected chi connectivity index (χ4v) is 1.79. The highest BCUT2D eigenvalue weighted by molar-refractivity contribution is 4.99. The summed E-state index contributed by atoms with van der Waals surface area (Å²) in [5, 5.41) is 0. The first-order valence-electron chi connectivity index (χ1n) is 4.71. The standard InChI is InChI=1S/C9H18N2/c1-9(4-5-9)8(11-10)6-7-2-3-7/h7-8,11H,2-6,10H2,1H3. The minimum Gasteiger partial charge on any atom is -0.271 e. The minimum absolute atomic E-state index is 0.553. The topological polar surface area (TPSA) is 38.0 Å². The van der Waals surface area contributed by atoms with E-state index >= 15 is 0 Å². The van der Waals surface area contributed by atoms with Gasteiger partial charge in [-0.1, -0.05) is 19.8 Å². The van der Waals surface area contributed by atoms with Crippen LogP contribution in [-0.2, 0) is 0 Å². The van der Waals surface area contributed by atoms with Crippen molar-refractivity contribution < 1.29 is 0 Å². The Bertz CT molecular complexity index is 148. The van der Waals surface area contributed by atoms with Gasteiger partial charge in [-0.15, -0.1) is 0 Å². The summed E-state index contributed by atoms with van der Waals surface area (Å²) in [7, 11) is 0. The summed E-state index contributed by atoms with van der Waals surface area (Å²) in [5.41, 5.74) is 3.53. The molecule has 11 heavy (non-hydrogen) atoms. The van der Waals surface area contributed by atoms with Gasteiger partial charge in [0.2, 0.25) is 0 Å². The zero-order chi connectivity index (χ0) is 7.90. The Kier molecular flexibility index (Phi) is 1.69. The number of hydrogen-bond donors (Lipinski definition) is 2. The van der Waals surface area contributed by atoms with Gasteiger partial charge in [0, 0.05) is 6.04 Å². The SMILES string of the molecule is CC1(C(CC2CC2)NN)CC1. The molecule has 0 aliphatic heterocycles. The molecule has 0 aromatic rings. The maximum atomic E-state index is 5.52. The van der Waals surface area contributed by atoms with Gasteiger partial charge in [-0.05, 0) is 30.6 Å². The van der Waals surface area contributed by atoms with Gasteiger partial charge >= 0.3 is 0 Å². The van der Waals surface area contributed by atoms with Crippen molar-refractivity contribution in [3.8, 4) is 0 Å². The lowest BCUT2D eigenvalue weighted by molar-refractivity contribution is 0.328. The second kappa shape index (κ2) is 2.46. The molecule has 0 aromatic heterocycles. The third-order valence-electron chi connectivity index (χ3n) is 3.35. The monoisotopic (exact) mass is 154 g/mol. The van der Waals surface area contributed by atoms with Crippen molar-refractivity contribution in [1.29, 1.82) is 0 Å². The molecule has 2 saturated carbocycles. The van der Waals surface area contributed by atoms with E-state index in [1.54, 1.807) is 0 Å². The van der Waals surface area contributed by atoms with Crippen LogP contribution in [0.25, 0.3) is 0 Å². The Balaban J connectivity index is 1.84. The van der Waals surface area contributed by atoms with Gasteiger partial charge in [-0.25, -0.2) is 0 Å². The van der Waals surface area contributed by atoms with Crippen molar-refractivity contribution in [2.24, 2.45) is 17.2 Å². The summed E-state index contributed by atoms with van der Waals surface area (Å²) < 4.78 is 0. The third kappa shape index (κ3) is 1.57. The zero-order valence-corrected chi connectivity index (χ0v) is 7.27. The van der Waals surface area contributed by atoms with Gasteiger partial charge in [0.05, 0.1) is 0 Å². The second-order valence-electron chi connectivity index (χ2n) is 4.55. The molecule has 0 amide bonds. The lowest BCUT2D eigenvalue weighted by Gasteiger charge is -2.22. The Morgan fingerprint density at radius 2 is 2.18 bits per heavy atom. The molecule has 0 heterocycles. The van der Waals surface area contributed by atoms with Crippen molar-refractivity contribution in [3.05, 3.63) is 0 Å². The van der Waals surface area contributed by atoms with Gasteiger partial charge < -0.3 is 0 Å². The largest absolute Gasteiger partial charge is 0.271 e.